The topological polar surface area (TPSA) is 81.1 Å². The quantitative estimate of drug-likeness (QED) is 0.730. The largest absolute Gasteiger partial charge is 0.497 e. The molecule has 8 nitrogen and oxygen atoms in total. The van der Waals surface area contributed by atoms with Crippen LogP contribution in [0.4, 0.5) is 5.69 Å². The summed E-state index contributed by atoms with van der Waals surface area (Å²) >= 11 is 0. The van der Waals surface area contributed by atoms with E-state index in [1.807, 2.05) is 15.5 Å². The first-order valence-electron chi connectivity index (χ1n) is 11.0. The highest BCUT2D eigenvalue weighted by Gasteiger charge is 2.42. The third-order valence-electron chi connectivity index (χ3n) is 6.94. The van der Waals surface area contributed by atoms with Crippen molar-refractivity contribution in [3.63, 3.8) is 0 Å². The fourth-order valence-corrected chi connectivity index (χ4v) is 5.45. The zero-order chi connectivity index (χ0) is 22.4. The zero-order valence-electron chi connectivity index (χ0n) is 18.3. The number of fused-ring (bicyclic) bond motifs is 4. The lowest BCUT2D eigenvalue weighted by molar-refractivity contribution is -0.138. The average Bonchev–Trinajstić information content (AvgIpc) is 3.20. The number of pyridine rings is 1. The summed E-state index contributed by atoms with van der Waals surface area (Å²) in [6.07, 6.45) is 1.17. The van der Waals surface area contributed by atoms with E-state index >= 15 is 0 Å². The highest BCUT2D eigenvalue weighted by molar-refractivity contribution is 6.01. The number of hydrogen-bond donors (Lipinski definition) is 0. The van der Waals surface area contributed by atoms with E-state index in [9.17, 15) is 14.4 Å². The minimum atomic E-state index is -0.393. The smallest absolute Gasteiger partial charge is 0.250 e. The summed E-state index contributed by atoms with van der Waals surface area (Å²) < 4.78 is 12.6. The molecule has 5 rings (SSSR count). The molecule has 1 aromatic carbocycles. The molecule has 2 fully saturated rings. The predicted octanol–water partition coefficient (Wildman–Crippen LogP) is 1.86. The molecule has 0 aliphatic carbocycles. The molecule has 2 bridgehead atoms. The van der Waals surface area contributed by atoms with Crippen molar-refractivity contribution in [2.75, 3.05) is 38.8 Å². The van der Waals surface area contributed by atoms with Crippen molar-refractivity contribution in [1.82, 2.24) is 9.47 Å². The van der Waals surface area contributed by atoms with Gasteiger partial charge in [-0.3, -0.25) is 14.4 Å². The van der Waals surface area contributed by atoms with Crippen LogP contribution in [0.15, 0.2) is 41.2 Å². The fourth-order valence-electron chi connectivity index (χ4n) is 5.45. The molecular formula is C24H27N3O5. The van der Waals surface area contributed by atoms with E-state index in [-0.39, 0.29) is 35.6 Å². The van der Waals surface area contributed by atoms with Gasteiger partial charge in [-0.05, 0) is 30.5 Å². The number of carbonyl (C=O) groups excluding carboxylic acids is 2. The van der Waals surface area contributed by atoms with Crippen molar-refractivity contribution in [2.24, 2.45) is 11.8 Å². The van der Waals surface area contributed by atoms with E-state index < -0.39 is 5.92 Å². The Balaban J connectivity index is 1.35. The Bertz CT molecular complexity index is 1130. The van der Waals surface area contributed by atoms with Gasteiger partial charge in [-0.2, -0.15) is 0 Å². The third-order valence-corrected chi connectivity index (χ3v) is 6.94. The molecule has 2 amide bonds. The van der Waals surface area contributed by atoms with Gasteiger partial charge in [0.05, 0.1) is 25.8 Å². The van der Waals surface area contributed by atoms with Gasteiger partial charge in [0.1, 0.15) is 11.5 Å². The average molecular weight is 437 g/mol. The molecule has 4 heterocycles. The number of likely N-dealkylation sites (tertiary alicyclic amines) is 1. The number of carbonyl (C=O) groups is 2. The van der Waals surface area contributed by atoms with Crippen LogP contribution in [0.1, 0.15) is 24.5 Å². The number of hydrogen-bond acceptors (Lipinski definition) is 5. The van der Waals surface area contributed by atoms with Crippen LogP contribution in [0.3, 0.4) is 0 Å². The van der Waals surface area contributed by atoms with Crippen LogP contribution in [0.2, 0.25) is 0 Å². The maximum absolute atomic E-state index is 13.4. The molecule has 8 heteroatoms. The van der Waals surface area contributed by atoms with Crippen molar-refractivity contribution in [3.8, 4) is 11.5 Å². The summed E-state index contributed by atoms with van der Waals surface area (Å²) in [7, 11) is 3.13. The molecule has 0 saturated carbocycles. The Morgan fingerprint density at radius 2 is 1.84 bits per heavy atom. The van der Waals surface area contributed by atoms with Gasteiger partial charge >= 0.3 is 0 Å². The van der Waals surface area contributed by atoms with Gasteiger partial charge in [-0.1, -0.05) is 6.07 Å². The van der Waals surface area contributed by atoms with E-state index in [2.05, 4.69) is 0 Å². The van der Waals surface area contributed by atoms with Crippen LogP contribution in [0.5, 0.6) is 11.5 Å². The first kappa shape index (κ1) is 20.6. The number of piperidine rings is 1. The Morgan fingerprint density at radius 3 is 2.62 bits per heavy atom. The van der Waals surface area contributed by atoms with Gasteiger partial charge in [0.2, 0.25) is 11.8 Å². The minimum absolute atomic E-state index is 0.0177. The number of anilines is 1. The molecule has 3 aliphatic rings. The lowest BCUT2D eigenvalue weighted by Crippen LogP contribution is -2.50. The molecule has 3 atom stereocenters. The number of nitrogens with zero attached hydrogens (tertiary/aromatic N) is 3. The van der Waals surface area contributed by atoms with Crippen LogP contribution >= 0.6 is 0 Å². The lowest BCUT2D eigenvalue weighted by atomic mass is 9.82. The van der Waals surface area contributed by atoms with Gasteiger partial charge in [0.25, 0.3) is 5.56 Å². The first-order valence-corrected chi connectivity index (χ1v) is 11.0. The van der Waals surface area contributed by atoms with Gasteiger partial charge in [0, 0.05) is 56.3 Å². The van der Waals surface area contributed by atoms with E-state index in [4.69, 9.17) is 9.47 Å². The molecule has 0 N–H and O–H groups in total. The Morgan fingerprint density at radius 1 is 1.00 bits per heavy atom. The molecule has 0 unspecified atom stereocenters. The van der Waals surface area contributed by atoms with Crippen molar-refractivity contribution in [1.29, 1.82) is 0 Å². The van der Waals surface area contributed by atoms with Crippen LogP contribution in [-0.4, -0.2) is 55.1 Å². The molecule has 32 heavy (non-hydrogen) atoms. The Hall–Kier alpha value is -3.29. The van der Waals surface area contributed by atoms with Crippen molar-refractivity contribution in [2.45, 2.75) is 25.3 Å². The number of aromatic nitrogens is 1. The summed E-state index contributed by atoms with van der Waals surface area (Å²) in [5.74, 6) is 1.15. The zero-order valence-corrected chi connectivity index (χ0v) is 18.3. The van der Waals surface area contributed by atoms with Crippen LogP contribution in [-0.2, 0) is 16.1 Å². The summed E-state index contributed by atoms with van der Waals surface area (Å²) in [5, 5.41) is 0. The maximum atomic E-state index is 13.4. The predicted molar refractivity (Wildman–Crippen MR) is 118 cm³/mol. The number of methoxy groups -OCH3 is 2. The van der Waals surface area contributed by atoms with Crippen LogP contribution in [0, 0.1) is 11.8 Å². The number of benzene rings is 1. The molecule has 2 saturated heterocycles. The normalized spacial score (nSPS) is 24.3. The fraction of sp³-hybridized carbons (Fsp3) is 0.458. The molecule has 0 spiro atoms. The van der Waals surface area contributed by atoms with E-state index in [1.54, 1.807) is 49.5 Å². The molecule has 168 valence electrons. The highest BCUT2D eigenvalue weighted by atomic mass is 16.5. The summed E-state index contributed by atoms with van der Waals surface area (Å²) in [6, 6.07) is 10.7. The summed E-state index contributed by atoms with van der Waals surface area (Å²) in [4.78, 5) is 42.1. The molecule has 1 aromatic heterocycles. The van der Waals surface area contributed by atoms with Gasteiger partial charge in [-0.15, -0.1) is 0 Å². The minimum Gasteiger partial charge on any atom is -0.497 e. The Kier molecular flexibility index (Phi) is 5.15. The summed E-state index contributed by atoms with van der Waals surface area (Å²) in [6.45, 7) is 2.18. The van der Waals surface area contributed by atoms with Gasteiger partial charge in [0.15, 0.2) is 0 Å². The highest BCUT2D eigenvalue weighted by Crippen LogP contribution is 2.38. The van der Waals surface area contributed by atoms with Crippen LogP contribution in [0.25, 0.3) is 0 Å². The van der Waals surface area contributed by atoms with E-state index in [1.165, 1.54) is 0 Å². The maximum Gasteiger partial charge on any atom is 0.250 e. The van der Waals surface area contributed by atoms with Crippen molar-refractivity contribution >= 4 is 17.5 Å². The molecule has 2 aromatic rings. The van der Waals surface area contributed by atoms with Gasteiger partial charge < -0.3 is 23.8 Å². The van der Waals surface area contributed by atoms with Crippen LogP contribution < -0.4 is 19.9 Å². The first-order chi connectivity index (χ1) is 15.5. The van der Waals surface area contributed by atoms with E-state index in [0.717, 1.165) is 12.1 Å². The molecule has 0 radical (unpaired) electrons. The van der Waals surface area contributed by atoms with E-state index in [0.29, 0.717) is 43.4 Å². The number of amides is 2. The number of ether oxygens (including phenoxy) is 2. The second kappa shape index (κ2) is 8.00. The van der Waals surface area contributed by atoms with Crippen molar-refractivity contribution in [3.05, 3.63) is 52.4 Å². The molecule has 3 aliphatic heterocycles. The number of rotatable bonds is 4. The molecular weight excluding hydrogens is 410 g/mol. The lowest BCUT2D eigenvalue weighted by Gasteiger charge is -2.43. The SMILES string of the molecule is COc1ccc(OC)c(N2C[C@@H](C(=O)N3C[C@@H]4C[C@H](C3)c3cccc(=O)n3C4)CC2=O)c1. The van der Waals surface area contributed by atoms with Crippen molar-refractivity contribution < 1.29 is 19.1 Å². The second-order valence-electron chi connectivity index (χ2n) is 8.88. The standard InChI is InChI=1S/C24H27N3O5/c1-31-18-6-7-21(32-2)20(10-18)27-14-17(9-23(27)29)24(30)25-11-15-8-16(13-25)19-4-3-5-22(28)26(19)12-15/h3-7,10,15-17H,8-9,11-14H2,1-2H3/t15-,16+,17-/m0/s1. The second-order valence-corrected chi connectivity index (χ2v) is 8.88. The Labute approximate surface area is 186 Å². The van der Waals surface area contributed by atoms with Gasteiger partial charge in [-0.25, -0.2) is 0 Å². The third kappa shape index (κ3) is 3.43. The summed E-state index contributed by atoms with van der Waals surface area (Å²) in [5.41, 5.74) is 1.66. The monoisotopic (exact) mass is 437 g/mol.